The summed E-state index contributed by atoms with van der Waals surface area (Å²) in [5.41, 5.74) is 0.186. The molecule has 0 aromatic heterocycles. The van der Waals surface area contributed by atoms with Gasteiger partial charge in [-0.05, 0) is 62.8 Å². The fourth-order valence-electron chi connectivity index (χ4n) is 4.27. The van der Waals surface area contributed by atoms with Crippen molar-refractivity contribution in [2.75, 3.05) is 13.1 Å². The van der Waals surface area contributed by atoms with E-state index in [9.17, 15) is 5.26 Å². The average molecular weight is 289 g/mol. The van der Waals surface area contributed by atoms with Gasteiger partial charge in [-0.1, -0.05) is 20.8 Å². The van der Waals surface area contributed by atoms with Gasteiger partial charge in [-0.3, -0.25) is 10.2 Å². The Balaban J connectivity index is 1.62. The Morgan fingerprint density at radius 3 is 2.52 bits per heavy atom. The van der Waals surface area contributed by atoms with Gasteiger partial charge >= 0.3 is 0 Å². The molecule has 2 saturated carbocycles. The minimum atomic E-state index is -0.232. The molecule has 3 unspecified atom stereocenters. The zero-order valence-electron chi connectivity index (χ0n) is 14.0. The lowest BCUT2D eigenvalue weighted by molar-refractivity contribution is 0.128. The SMILES string of the molecule is CC(C)(C)C1CCN(C2CCCC(C#N)(NC3CC3)C2)C1. The predicted octanol–water partition coefficient (Wildman–Crippen LogP) is 3.31. The molecule has 3 nitrogen and oxygen atoms in total. The van der Waals surface area contributed by atoms with Gasteiger partial charge in [0.2, 0.25) is 0 Å². The zero-order chi connectivity index (χ0) is 15.1. The highest BCUT2D eigenvalue weighted by Gasteiger charge is 2.43. The van der Waals surface area contributed by atoms with E-state index in [-0.39, 0.29) is 5.54 Å². The molecule has 3 fully saturated rings. The molecule has 2 aliphatic carbocycles. The molecule has 21 heavy (non-hydrogen) atoms. The van der Waals surface area contributed by atoms with Crippen LogP contribution in [-0.4, -0.2) is 35.6 Å². The minimum Gasteiger partial charge on any atom is -0.300 e. The van der Waals surface area contributed by atoms with Crippen LogP contribution in [0.4, 0.5) is 0 Å². The minimum absolute atomic E-state index is 0.232. The van der Waals surface area contributed by atoms with Gasteiger partial charge in [0.05, 0.1) is 6.07 Å². The third-order valence-corrected chi connectivity index (χ3v) is 5.96. The van der Waals surface area contributed by atoms with Crippen molar-refractivity contribution in [3.8, 4) is 6.07 Å². The molecule has 3 heteroatoms. The lowest BCUT2D eigenvalue weighted by Gasteiger charge is -2.41. The number of rotatable bonds is 3. The largest absolute Gasteiger partial charge is 0.300 e. The van der Waals surface area contributed by atoms with E-state index >= 15 is 0 Å². The van der Waals surface area contributed by atoms with E-state index in [1.165, 1.54) is 45.2 Å². The van der Waals surface area contributed by atoms with Crippen molar-refractivity contribution in [2.24, 2.45) is 11.3 Å². The maximum atomic E-state index is 9.73. The lowest BCUT2D eigenvalue weighted by Crippen LogP contribution is -2.53. The maximum absolute atomic E-state index is 9.73. The normalized spacial score (nSPS) is 38.4. The summed E-state index contributed by atoms with van der Waals surface area (Å²) in [7, 11) is 0. The smallest absolute Gasteiger partial charge is 0.108 e. The van der Waals surface area contributed by atoms with E-state index in [2.05, 4.69) is 37.1 Å². The maximum Gasteiger partial charge on any atom is 0.108 e. The third-order valence-electron chi connectivity index (χ3n) is 5.96. The third kappa shape index (κ3) is 3.43. The van der Waals surface area contributed by atoms with Crippen molar-refractivity contribution in [2.45, 2.75) is 83.3 Å². The van der Waals surface area contributed by atoms with Crippen LogP contribution in [0.25, 0.3) is 0 Å². The molecule has 1 aliphatic heterocycles. The quantitative estimate of drug-likeness (QED) is 0.866. The Labute approximate surface area is 130 Å². The Morgan fingerprint density at radius 1 is 1.19 bits per heavy atom. The van der Waals surface area contributed by atoms with Gasteiger partial charge < -0.3 is 0 Å². The van der Waals surface area contributed by atoms with Gasteiger partial charge in [0.1, 0.15) is 5.54 Å². The van der Waals surface area contributed by atoms with E-state index in [1.807, 2.05) is 0 Å². The monoisotopic (exact) mass is 289 g/mol. The summed E-state index contributed by atoms with van der Waals surface area (Å²) in [6.45, 7) is 9.58. The summed E-state index contributed by atoms with van der Waals surface area (Å²) < 4.78 is 0. The molecule has 118 valence electrons. The van der Waals surface area contributed by atoms with Crippen molar-refractivity contribution in [1.29, 1.82) is 5.26 Å². The summed E-state index contributed by atoms with van der Waals surface area (Å²) in [4.78, 5) is 2.69. The van der Waals surface area contributed by atoms with Crippen LogP contribution in [0.2, 0.25) is 0 Å². The summed E-state index contributed by atoms with van der Waals surface area (Å²) in [5.74, 6) is 0.812. The summed E-state index contributed by atoms with van der Waals surface area (Å²) >= 11 is 0. The van der Waals surface area contributed by atoms with Crippen LogP contribution in [0.5, 0.6) is 0 Å². The van der Waals surface area contributed by atoms with Gasteiger partial charge in [-0.25, -0.2) is 0 Å². The van der Waals surface area contributed by atoms with Crippen molar-refractivity contribution < 1.29 is 0 Å². The Morgan fingerprint density at radius 2 is 1.95 bits per heavy atom. The molecule has 1 N–H and O–H groups in total. The number of likely N-dealkylation sites (tertiary alicyclic amines) is 1. The van der Waals surface area contributed by atoms with Crippen LogP contribution in [0.3, 0.4) is 0 Å². The molecule has 1 heterocycles. The van der Waals surface area contributed by atoms with E-state index in [1.54, 1.807) is 0 Å². The van der Waals surface area contributed by atoms with Gasteiger partial charge in [-0.15, -0.1) is 0 Å². The fourth-order valence-corrected chi connectivity index (χ4v) is 4.27. The molecule has 0 radical (unpaired) electrons. The van der Waals surface area contributed by atoms with Gasteiger partial charge in [-0.2, -0.15) is 5.26 Å². The molecular formula is C18H31N3. The van der Waals surface area contributed by atoms with Crippen LogP contribution >= 0.6 is 0 Å². The van der Waals surface area contributed by atoms with Crippen LogP contribution < -0.4 is 5.32 Å². The molecule has 0 bridgehead atoms. The number of hydrogen-bond acceptors (Lipinski definition) is 3. The van der Waals surface area contributed by atoms with Crippen LogP contribution in [0, 0.1) is 22.7 Å². The van der Waals surface area contributed by atoms with E-state index in [0.29, 0.717) is 17.5 Å². The molecule has 3 rings (SSSR count). The van der Waals surface area contributed by atoms with Gasteiger partial charge in [0.15, 0.2) is 0 Å². The molecule has 0 aromatic carbocycles. The second kappa shape index (κ2) is 5.56. The molecule has 3 aliphatic rings. The lowest BCUT2D eigenvalue weighted by atomic mass is 9.78. The van der Waals surface area contributed by atoms with Gasteiger partial charge in [0.25, 0.3) is 0 Å². The Kier molecular flexibility index (Phi) is 4.05. The molecule has 0 aromatic rings. The fraction of sp³-hybridized carbons (Fsp3) is 0.944. The Bertz CT molecular complexity index is 415. The standard InChI is InChI=1S/C18H31N3/c1-17(2,3)14-8-10-21(12-14)16-5-4-9-18(11-16,13-19)20-15-6-7-15/h14-16,20H,4-12H2,1-3H3. The highest BCUT2D eigenvalue weighted by Crippen LogP contribution is 2.39. The first-order chi connectivity index (χ1) is 9.92. The zero-order valence-corrected chi connectivity index (χ0v) is 14.0. The Hall–Kier alpha value is -0.590. The van der Waals surface area contributed by atoms with E-state index < -0.39 is 0 Å². The topological polar surface area (TPSA) is 39.1 Å². The van der Waals surface area contributed by atoms with Crippen LogP contribution in [0.1, 0.15) is 65.7 Å². The first-order valence-corrected chi connectivity index (χ1v) is 8.85. The van der Waals surface area contributed by atoms with E-state index in [0.717, 1.165) is 18.8 Å². The first-order valence-electron chi connectivity index (χ1n) is 8.85. The highest BCUT2D eigenvalue weighted by molar-refractivity contribution is 5.13. The van der Waals surface area contributed by atoms with E-state index in [4.69, 9.17) is 0 Å². The van der Waals surface area contributed by atoms with Crippen LogP contribution in [-0.2, 0) is 0 Å². The van der Waals surface area contributed by atoms with Crippen molar-refractivity contribution in [3.63, 3.8) is 0 Å². The number of nitrogens with zero attached hydrogens (tertiary/aromatic N) is 2. The van der Waals surface area contributed by atoms with Crippen molar-refractivity contribution in [3.05, 3.63) is 0 Å². The summed E-state index contributed by atoms with van der Waals surface area (Å²) in [5, 5.41) is 13.4. The molecule has 3 atom stereocenters. The second-order valence-electron chi connectivity index (χ2n) is 8.71. The number of hydrogen-bond donors (Lipinski definition) is 1. The highest BCUT2D eigenvalue weighted by atomic mass is 15.2. The second-order valence-corrected chi connectivity index (χ2v) is 8.71. The molecular weight excluding hydrogens is 258 g/mol. The average Bonchev–Trinajstić information content (AvgIpc) is 3.08. The molecule has 0 amide bonds. The van der Waals surface area contributed by atoms with Crippen molar-refractivity contribution in [1.82, 2.24) is 10.2 Å². The first kappa shape index (κ1) is 15.3. The van der Waals surface area contributed by atoms with Crippen molar-refractivity contribution >= 4 is 0 Å². The predicted molar refractivity (Wildman–Crippen MR) is 85.9 cm³/mol. The molecule has 1 saturated heterocycles. The number of nitriles is 1. The molecule has 0 spiro atoms. The number of nitrogens with one attached hydrogen (secondary N) is 1. The summed E-state index contributed by atoms with van der Waals surface area (Å²) in [6, 6.07) is 3.90. The van der Waals surface area contributed by atoms with Crippen LogP contribution in [0.15, 0.2) is 0 Å². The summed E-state index contributed by atoms with van der Waals surface area (Å²) in [6.07, 6.45) is 8.44. The van der Waals surface area contributed by atoms with Gasteiger partial charge in [0, 0.05) is 18.6 Å².